The highest BCUT2D eigenvalue weighted by molar-refractivity contribution is 7.86. The Morgan fingerprint density at radius 2 is 2.00 bits per heavy atom. The van der Waals surface area contributed by atoms with Gasteiger partial charge in [0, 0.05) is 0 Å². The third kappa shape index (κ3) is 3.36. The first-order valence-corrected chi connectivity index (χ1v) is 7.75. The Labute approximate surface area is 118 Å². The van der Waals surface area contributed by atoms with Gasteiger partial charge in [0.15, 0.2) is 6.10 Å². The van der Waals surface area contributed by atoms with E-state index in [1.165, 1.54) is 19.1 Å². The van der Waals surface area contributed by atoms with Gasteiger partial charge in [-0.2, -0.15) is 8.42 Å². The molecule has 1 unspecified atom stereocenters. The highest BCUT2D eigenvalue weighted by Gasteiger charge is 2.29. The zero-order valence-corrected chi connectivity index (χ0v) is 12.2. The molecule has 20 heavy (non-hydrogen) atoms. The van der Waals surface area contributed by atoms with Crippen LogP contribution in [0.2, 0.25) is 0 Å². The molecule has 1 saturated heterocycles. The first-order chi connectivity index (χ1) is 9.40. The number of hydroxylamine groups is 2. The monoisotopic (exact) mass is 299 g/mol. The third-order valence-electron chi connectivity index (χ3n) is 2.93. The van der Waals surface area contributed by atoms with Crippen molar-refractivity contribution < 1.29 is 22.2 Å². The molecule has 0 bridgehead atoms. The van der Waals surface area contributed by atoms with Crippen molar-refractivity contribution in [2.45, 2.75) is 31.3 Å². The van der Waals surface area contributed by atoms with Crippen LogP contribution < -0.4 is 0 Å². The average Bonchev–Trinajstić information content (AvgIpc) is 2.91. The van der Waals surface area contributed by atoms with Gasteiger partial charge in [0.05, 0.1) is 18.0 Å². The number of amides is 1. The van der Waals surface area contributed by atoms with Gasteiger partial charge in [-0.05, 0) is 32.4 Å². The Hall–Kier alpha value is -1.44. The fourth-order valence-corrected chi connectivity index (χ4v) is 2.86. The minimum absolute atomic E-state index is 0.0325. The molecule has 1 atom stereocenters. The molecular weight excluding hydrogens is 282 g/mol. The fourth-order valence-electron chi connectivity index (χ4n) is 1.82. The Balaban J connectivity index is 2.07. The van der Waals surface area contributed by atoms with E-state index in [-0.39, 0.29) is 4.90 Å². The number of rotatable bonds is 4. The largest absolute Gasteiger partial charge is 0.297 e. The maximum atomic E-state index is 12.0. The van der Waals surface area contributed by atoms with Crippen LogP contribution >= 0.6 is 0 Å². The number of hydrogen-bond donors (Lipinski definition) is 0. The lowest BCUT2D eigenvalue weighted by Crippen LogP contribution is -2.37. The van der Waals surface area contributed by atoms with E-state index in [2.05, 4.69) is 0 Å². The van der Waals surface area contributed by atoms with Gasteiger partial charge in [0.2, 0.25) is 0 Å². The minimum atomic E-state index is -3.95. The van der Waals surface area contributed by atoms with Gasteiger partial charge in [0.25, 0.3) is 16.0 Å². The van der Waals surface area contributed by atoms with Crippen LogP contribution in [-0.4, -0.2) is 38.6 Å². The second kappa shape index (κ2) is 5.90. The van der Waals surface area contributed by atoms with Crippen molar-refractivity contribution in [1.29, 1.82) is 0 Å². The van der Waals surface area contributed by atoms with Crippen LogP contribution in [0.3, 0.4) is 0 Å². The second-order valence-electron chi connectivity index (χ2n) is 4.63. The summed E-state index contributed by atoms with van der Waals surface area (Å²) in [5.41, 5.74) is 0.943. The molecule has 1 fully saturated rings. The molecule has 1 aromatic carbocycles. The molecule has 0 aliphatic carbocycles. The number of hydrogen-bond acceptors (Lipinski definition) is 5. The van der Waals surface area contributed by atoms with Crippen LogP contribution in [-0.2, 0) is 23.9 Å². The van der Waals surface area contributed by atoms with Crippen molar-refractivity contribution in [3.05, 3.63) is 29.8 Å². The predicted molar refractivity (Wildman–Crippen MR) is 71.2 cm³/mol. The lowest BCUT2D eigenvalue weighted by molar-refractivity contribution is -0.175. The Bertz CT molecular complexity index is 575. The quantitative estimate of drug-likeness (QED) is 0.782. The lowest BCUT2D eigenvalue weighted by Gasteiger charge is -2.18. The Kier molecular flexibility index (Phi) is 4.42. The van der Waals surface area contributed by atoms with Gasteiger partial charge in [-0.3, -0.25) is 13.8 Å². The molecule has 1 amide bonds. The molecule has 0 spiro atoms. The Morgan fingerprint density at radius 1 is 1.35 bits per heavy atom. The van der Waals surface area contributed by atoms with Crippen LogP contribution in [0, 0.1) is 6.92 Å². The van der Waals surface area contributed by atoms with Crippen molar-refractivity contribution in [3.8, 4) is 0 Å². The van der Waals surface area contributed by atoms with E-state index in [1.54, 1.807) is 12.1 Å². The summed E-state index contributed by atoms with van der Waals surface area (Å²) in [6, 6.07) is 6.25. The summed E-state index contributed by atoms with van der Waals surface area (Å²) >= 11 is 0. The molecule has 0 radical (unpaired) electrons. The zero-order chi connectivity index (χ0) is 14.8. The first kappa shape index (κ1) is 15.0. The zero-order valence-electron chi connectivity index (χ0n) is 11.4. The molecule has 1 aliphatic rings. The summed E-state index contributed by atoms with van der Waals surface area (Å²) in [4.78, 5) is 17.0. The number of carbonyl (C=O) groups excluding carboxylic acids is 1. The van der Waals surface area contributed by atoms with Crippen molar-refractivity contribution in [2.24, 2.45) is 0 Å². The van der Waals surface area contributed by atoms with E-state index in [1.807, 2.05) is 6.92 Å². The SMILES string of the molecule is Cc1ccc(S(=O)(=O)OC(C)C(=O)N2CCCO2)cc1. The van der Waals surface area contributed by atoms with Crippen LogP contribution in [0.4, 0.5) is 0 Å². The molecular formula is C13H17NO5S. The maximum absolute atomic E-state index is 12.0. The number of benzene rings is 1. The van der Waals surface area contributed by atoms with Crippen LogP contribution in [0.25, 0.3) is 0 Å². The van der Waals surface area contributed by atoms with Gasteiger partial charge in [-0.25, -0.2) is 5.06 Å². The van der Waals surface area contributed by atoms with Crippen molar-refractivity contribution in [2.75, 3.05) is 13.2 Å². The molecule has 1 aliphatic heterocycles. The van der Waals surface area contributed by atoms with E-state index in [0.29, 0.717) is 13.2 Å². The standard InChI is InChI=1S/C13H17NO5S/c1-10-4-6-12(7-5-10)20(16,17)19-11(2)13(15)14-8-3-9-18-14/h4-7,11H,3,8-9H2,1-2H3. The van der Waals surface area contributed by atoms with Gasteiger partial charge in [-0.1, -0.05) is 17.7 Å². The van der Waals surface area contributed by atoms with E-state index >= 15 is 0 Å². The molecule has 110 valence electrons. The first-order valence-electron chi connectivity index (χ1n) is 6.34. The highest BCUT2D eigenvalue weighted by Crippen LogP contribution is 2.17. The highest BCUT2D eigenvalue weighted by atomic mass is 32.2. The van der Waals surface area contributed by atoms with Crippen molar-refractivity contribution >= 4 is 16.0 Å². The molecule has 6 nitrogen and oxygen atoms in total. The molecule has 1 heterocycles. The topological polar surface area (TPSA) is 72.9 Å². The van der Waals surface area contributed by atoms with Crippen LogP contribution in [0.5, 0.6) is 0 Å². The lowest BCUT2D eigenvalue weighted by atomic mass is 10.2. The second-order valence-corrected chi connectivity index (χ2v) is 6.20. The number of carbonyl (C=O) groups is 1. The summed E-state index contributed by atoms with van der Waals surface area (Å²) in [5.74, 6) is -0.488. The van der Waals surface area contributed by atoms with Gasteiger partial charge in [0.1, 0.15) is 0 Å². The van der Waals surface area contributed by atoms with Crippen LogP contribution in [0.15, 0.2) is 29.2 Å². The van der Waals surface area contributed by atoms with Crippen LogP contribution in [0.1, 0.15) is 18.9 Å². The predicted octanol–water partition coefficient (Wildman–Crippen LogP) is 1.25. The fraction of sp³-hybridized carbons (Fsp3) is 0.462. The normalized spacial score (nSPS) is 17.2. The smallest absolute Gasteiger partial charge is 0.271 e. The maximum Gasteiger partial charge on any atom is 0.297 e. The molecule has 7 heteroatoms. The van der Waals surface area contributed by atoms with Crippen molar-refractivity contribution in [1.82, 2.24) is 5.06 Å². The molecule has 0 N–H and O–H groups in total. The van der Waals surface area contributed by atoms with Gasteiger partial charge >= 0.3 is 0 Å². The molecule has 1 aromatic rings. The minimum Gasteiger partial charge on any atom is -0.271 e. The van der Waals surface area contributed by atoms with Gasteiger partial charge in [-0.15, -0.1) is 0 Å². The molecule has 0 saturated carbocycles. The summed E-state index contributed by atoms with van der Waals surface area (Å²) < 4.78 is 29.0. The summed E-state index contributed by atoms with van der Waals surface area (Å²) in [6.45, 7) is 4.17. The van der Waals surface area contributed by atoms with E-state index < -0.39 is 22.1 Å². The third-order valence-corrected chi connectivity index (χ3v) is 4.32. The van der Waals surface area contributed by atoms with E-state index in [4.69, 9.17) is 9.02 Å². The van der Waals surface area contributed by atoms with E-state index in [9.17, 15) is 13.2 Å². The van der Waals surface area contributed by atoms with Gasteiger partial charge < -0.3 is 0 Å². The summed E-state index contributed by atoms with van der Waals surface area (Å²) in [6.07, 6.45) is -0.372. The summed E-state index contributed by atoms with van der Waals surface area (Å²) in [5, 5.41) is 1.15. The number of nitrogens with zero attached hydrogens (tertiary/aromatic N) is 1. The number of aryl methyl sites for hydroxylation is 1. The van der Waals surface area contributed by atoms with Crippen molar-refractivity contribution in [3.63, 3.8) is 0 Å². The summed E-state index contributed by atoms with van der Waals surface area (Å²) in [7, 11) is -3.95. The molecule has 2 rings (SSSR count). The van der Waals surface area contributed by atoms with E-state index in [0.717, 1.165) is 17.0 Å². The molecule has 0 aromatic heterocycles. The average molecular weight is 299 g/mol. The Morgan fingerprint density at radius 3 is 2.55 bits per heavy atom.